The molecular weight excluding hydrogens is 275 g/mol. The SMILES string of the molecule is CC(Nc1cc(Cl)ccc1F)c1ccc(N(C)C)cc1. The van der Waals surface area contributed by atoms with Crippen LogP contribution >= 0.6 is 11.6 Å². The van der Waals surface area contributed by atoms with Crippen LogP contribution in [0, 0.1) is 5.82 Å². The highest BCUT2D eigenvalue weighted by Gasteiger charge is 2.09. The quantitative estimate of drug-likeness (QED) is 0.877. The van der Waals surface area contributed by atoms with Crippen molar-refractivity contribution in [3.05, 3.63) is 58.9 Å². The van der Waals surface area contributed by atoms with E-state index in [-0.39, 0.29) is 11.9 Å². The van der Waals surface area contributed by atoms with Crippen molar-refractivity contribution >= 4 is 23.0 Å². The minimum atomic E-state index is -0.300. The summed E-state index contributed by atoms with van der Waals surface area (Å²) in [6, 6.07) is 12.7. The van der Waals surface area contributed by atoms with Gasteiger partial charge < -0.3 is 10.2 Å². The lowest BCUT2D eigenvalue weighted by atomic mass is 10.1. The van der Waals surface area contributed by atoms with Crippen molar-refractivity contribution in [2.45, 2.75) is 13.0 Å². The molecule has 0 aliphatic rings. The molecule has 0 heterocycles. The summed E-state index contributed by atoms with van der Waals surface area (Å²) >= 11 is 5.89. The largest absolute Gasteiger partial charge is 0.378 e. The normalized spacial score (nSPS) is 12.1. The molecule has 2 aromatic rings. The smallest absolute Gasteiger partial charge is 0.146 e. The molecule has 0 amide bonds. The van der Waals surface area contributed by atoms with Crippen molar-refractivity contribution < 1.29 is 4.39 Å². The number of hydrogen-bond acceptors (Lipinski definition) is 2. The summed E-state index contributed by atoms with van der Waals surface area (Å²) in [6.07, 6.45) is 0. The average Bonchev–Trinajstić information content (AvgIpc) is 2.43. The minimum absolute atomic E-state index is 0.000760. The van der Waals surface area contributed by atoms with E-state index in [1.807, 2.05) is 50.2 Å². The molecule has 0 aliphatic carbocycles. The third-order valence-corrected chi connectivity index (χ3v) is 3.44. The highest BCUT2D eigenvalue weighted by atomic mass is 35.5. The van der Waals surface area contributed by atoms with Crippen molar-refractivity contribution in [1.82, 2.24) is 0 Å². The summed E-state index contributed by atoms with van der Waals surface area (Å²) in [5.41, 5.74) is 2.64. The summed E-state index contributed by atoms with van der Waals surface area (Å²) < 4.78 is 13.7. The number of nitrogens with one attached hydrogen (secondary N) is 1. The van der Waals surface area contributed by atoms with E-state index >= 15 is 0 Å². The molecule has 0 spiro atoms. The van der Waals surface area contributed by atoms with Crippen LogP contribution in [0.15, 0.2) is 42.5 Å². The predicted octanol–water partition coefficient (Wildman–Crippen LogP) is 4.72. The number of halogens is 2. The van der Waals surface area contributed by atoms with Crippen LogP contribution in [-0.4, -0.2) is 14.1 Å². The second-order valence-electron chi connectivity index (χ2n) is 4.98. The lowest BCUT2D eigenvalue weighted by Crippen LogP contribution is -2.10. The Hall–Kier alpha value is -1.74. The van der Waals surface area contributed by atoms with Gasteiger partial charge in [0.05, 0.1) is 5.69 Å². The number of nitrogens with zero attached hydrogens (tertiary/aromatic N) is 1. The maximum atomic E-state index is 13.7. The zero-order chi connectivity index (χ0) is 14.7. The van der Waals surface area contributed by atoms with Gasteiger partial charge in [-0.3, -0.25) is 0 Å². The van der Waals surface area contributed by atoms with E-state index in [9.17, 15) is 4.39 Å². The Bertz CT molecular complexity index is 582. The zero-order valence-corrected chi connectivity index (χ0v) is 12.6. The van der Waals surface area contributed by atoms with Crippen molar-refractivity contribution in [1.29, 1.82) is 0 Å². The van der Waals surface area contributed by atoms with Gasteiger partial charge in [-0.15, -0.1) is 0 Å². The Morgan fingerprint density at radius 1 is 1.10 bits per heavy atom. The molecule has 0 bridgehead atoms. The third kappa shape index (κ3) is 3.42. The molecule has 4 heteroatoms. The van der Waals surface area contributed by atoms with Crippen LogP contribution in [0.5, 0.6) is 0 Å². The summed E-state index contributed by atoms with van der Waals surface area (Å²) in [6.45, 7) is 1.99. The maximum absolute atomic E-state index is 13.7. The second-order valence-corrected chi connectivity index (χ2v) is 5.41. The van der Waals surface area contributed by atoms with Gasteiger partial charge in [0.25, 0.3) is 0 Å². The fourth-order valence-corrected chi connectivity index (χ4v) is 2.16. The van der Waals surface area contributed by atoms with Gasteiger partial charge in [-0.2, -0.15) is 0 Å². The first-order valence-electron chi connectivity index (χ1n) is 6.46. The fourth-order valence-electron chi connectivity index (χ4n) is 1.99. The molecule has 2 aromatic carbocycles. The molecule has 0 radical (unpaired) electrons. The molecule has 2 rings (SSSR count). The number of anilines is 2. The van der Waals surface area contributed by atoms with Crippen LogP contribution in [0.3, 0.4) is 0 Å². The van der Waals surface area contributed by atoms with Gasteiger partial charge in [0, 0.05) is 30.8 Å². The molecule has 0 aliphatic heterocycles. The van der Waals surface area contributed by atoms with Gasteiger partial charge in [0.15, 0.2) is 0 Å². The van der Waals surface area contributed by atoms with Gasteiger partial charge in [-0.05, 0) is 42.8 Å². The van der Waals surface area contributed by atoms with Crippen molar-refractivity contribution in [2.24, 2.45) is 0 Å². The Morgan fingerprint density at radius 2 is 1.75 bits per heavy atom. The molecule has 2 nitrogen and oxygen atoms in total. The number of benzene rings is 2. The van der Waals surface area contributed by atoms with E-state index < -0.39 is 0 Å². The van der Waals surface area contributed by atoms with Crippen molar-refractivity contribution in [3.8, 4) is 0 Å². The van der Waals surface area contributed by atoms with Crippen molar-refractivity contribution in [2.75, 3.05) is 24.3 Å². The van der Waals surface area contributed by atoms with E-state index in [1.165, 1.54) is 6.07 Å². The second kappa shape index (κ2) is 6.14. The first-order chi connectivity index (χ1) is 9.47. The topological polar surface area (TPSA) is 15.3 Å². The maximum Gasteiger partial charge on any atom is 0.146 e. The summed E-state index contributed by atoms with van der Waals surface area (Å²) in [5.74, 6) is -0.300. The van der Waals surface area contributed by atoms with E-state index in [4.69, 9.17) is 11.6 Å². The highest BCUT2D eigenvalue weighted by molar-refractivity contribution is 6.30. The number of rotatable bonds is 4. The minimum Gasteiger partial charge on any atom is -0.378 e. The summed E-state index contributed by atoms with van der Waals surface area (Å²) in [5, 5.41) is 3.66. The van der Waals surface area contributed by atoms with Gasteiger partial charge in [0.2, 0.25) is 0 Å². The lowest BCUT2D eigenvalue weighted by Gasteiger charge is -2.18. The van der Waals surface area contributed by atoms with Gasteiger partial charge in [-0.25, -0.2) is 4.39 Å². The summed E-state index contributed by atoms with van der Waals surface area (Å²) in [7, 11) is 4.00. The highest BCUT2D eigenvalue weighted by Crippen LogP contribution is 2.25. The van der Waals surface area contributed by atoms with E-state index in [0.29, 0.717) is 10.7 Å². The zero-order valence-electron chi connectivity index (χ0n) is 11.8. The van der Waals surface area contributed by atoms with Crippen LogP contribution in [-0.2, 0) is 0 Å². The first-order valence-corrected chi connectivity index (χ1v) is 6.84. The monoisotopic (exact) mass is 292 g/mol. The average molecular weight is 293 g/mol. The van der Waals surface area contributed by atoms with E-state index in [2.05, 4.69) is 5.32 Å². The van der Waals surface area contributed by atoms with Crippen LogP contribution in [0.1, 0.15) is 18.5 Å². The predicted molar refractivity (Wildman–Crippen MR) is 84.2 cm³/mol. The molecule has 0 aromatic heterocycles. The van der Waals surface area contributed by atoms with Crippen molar-refractivity contribution in [3.63, 3.8) is 0 Å². The van der Waals surface area contributed by atoms with Gasteiger partial charge in [-0.1, -0.05) is 23.7 Å². The molecule has 1 N–H and O–H groups in total. The third-order valence-electron chi connectivity index (χ3n) is 3.21. The van der Waals surface area contributed by atoms with Crippen LogP contribution in [0.4, 0.5) is 15.8 Å². The molecule has 106 valence electrons. The Kier molecular flexibility index (Phi) is 4.50. The van der Waals surface area contributed by atoms with Gasteiger partial charge >= 0.3 is 0 Å². The molecule has 20 heavy (non-hydrogen) atoms. The van der Waals surface area contributed by atoms with E-state index in [1.54, 1.807) is 12.1 Å². The molecular formula is C16H18ClFN2. The van der Waals surface area contributed by atoms with Crippen LogP contribution < -0.4 is 10.2 Å². The summed E-state index contributed by atoms with van der Waals surface area (Å²) in [4.78, 5) is 2.04. The lowest BCUT2D eigenvalue weighted by molar-refractivity contribution is 0.627. The molecule has 0 saturated carbocycles. The Labute approximate surface area is 124 Å². The molecule has 0 saturated heterocycles. The Balaban J connectivity index is 2.15. The first kappa shape index (κ1) is 14.7. The van der Waals surface area contributed by atoms with Crippen LogP contribution in [0.2, 0.25) is 5.02 Å². The van der Waals surface area contributed by atoms with Crippen LogP contribution in [0.25, 0.3) is 0 Å². The fraction of sp³-hybridized carbons (Fsp3) is 0.250. The standard InChI is InChI=1S/C16H18ClFN2/c1-11(12-4-7-14(8-5-12)20(2)3)19-16-10-13(17)6-9-15(16)18/h4-11,19H,1-3H3. The number of hydrogen-bond donors (Lipinski definition) is 1. The van der Waals surface area contributed by atoms with Gasteiger partial charge in [0.1, 0.15) is 5.82 Å². The Morgan fingerprint density at radius 3 is 2.35 bits per heavy atom. The molecule has 1 atom stereocenters. The van der Waals surface area contributed by atoms with E-state index in [0.717, 1.165) is 11.3 Å². The molecule has 1 unspecified atom stereocenters. The molecule has 0 fully saturated rings.